The normalized spacial score (nSPS) is 14.8. The third-order valence-electron chi connectivity index (χ3n) is 5.00. The molecule has 0 amide bonds. The Morgan fingerprint density at radius 1 is 1.17 bits per heavy atom. The fraction of sp³-hybridized carbons (Fsp3) is 0.409. The van der Waals surface area contributed by atoms with E-state index in [1.54, 1.807) is 19.2 Å². The molecule has 1 fully saturated rings. The highest BCUT2D eigenvalue weighted by molar-refractivity contribution is 14.0. The monoisotopic (exact) mass is 510 g/mol. The number of ether oxygens (including phenoxy) is 1. The number of phenolic OH excluding ortho intramolecular Hbond substituents is 1. The summed E-state index contributed by atoms with van der Waals surface area (Å²) in [6.45, 7) is 5.29. The number of aromatic hydroxyl groups is 1. The van der Waals surface area contributed by atoms with Gasteiger partial charge in [-0.1, -0.05) is 18.2 Å². The molecule has 3 N–H and O–H groups in total. The van der Waals surface area contributed by atoms with Gasteiger partial charge in [-0.05, 0) is 50.1 Å². The van der Waals surface area contributed by atoms with Crippen LogP contribution in [-0.4, -0.2) is 43.9 Å². The quantitative estimate of drug-likeness (QED) is 0.314. The molecule has 0 aliphatic carbocycles. The number of anilines is 1. The Labute approximate surface area is 190 Å². The molecule has 29 heavy (non-hydrogen) atoms. The molecular weight excluding hydrogens is 479 g/mol. The van der Waals surface area contributed by atoms with Gasteiger partial charge in [0.2, 0.25) is 0 Å². The Bertz CT molecular complexity index is 778. The van der Waals surface area contributed by atoms with E-state index in [2.05, 4.69) is 57.8 Å². The van der Waals surface area contributed by atoms with Crippen LogP contribution in [0.2, 0.25) is 0 Å². The second-order valence-electron chi connectivity index (χ2n) is 6.93. The van der Waals surface area contributed by atoms with Crippen molar-refractivity contribution in [3.63, 3.8) is 0 Å². The SMILES string of the molecule is CCNC(=NCc1cc(OC)ccc1O)NC1CCN(c2ccccc2)CC1.I. The van der Waals surface area contributed by atoms with E-state index in [1.165, 1.54) is 5.69 Å². The molecular formula is C22H31IN4O2. The van der Waals surface area contributed by atoms with Gasteiger partial charge in [0.25, 0.3) is 0 Å². The van der Waals surface area contributed by atoms with Gasteiger partial charge < -0.3 is 25.4 Å². The predicted octanol–water partition coefficient (Wildman–Crippen LogP) is 3.74. The number of hydrogen-bond acceptors (Lipinski definition) is 4. The molecule has 1 saturated heterocycles. The van der Waals surface area contributed by atoms with Crippen molar-refractivity contribution < 1.29 is 9.84 Å². The molecule has 158 valence electrons. The maximum atomic E-state index is 10.1. The number of nitrogens with one attached hydrogen (secondary N) is 2. The number of guanidine groups is 1. The topological polar surface area (TPSA) is 69.1 Å². The number of nitrogens with zero attached hydrogens (tertiary/aromatic N) is 2. The van der Waals surface area contributed by atoms with Crippen molar-refractivity contribution >= 4 is 35.6 Å². The lowest BCUT2D eigenvalue weighted by Crippen LogP contribution is -2.48. The molecule has 0 spiro atoms. The molecule has 1 aliphatic rings. The summed E-state index contributed by atoms with van der Waals surface area (Å²) in [6, 6.07) is 16.2. The van der Waals surface area contributed by atoms with Crippen molar-refractivity contribution in [2.75, 3.05) is 31.6 Å². The zero-order valence-corrected chi connectivity index (χ0v) is 19.4. The molecule has 0 bridgehead atoms. The number of halogens is 1. The highest BCUT2D eigenvalue weighted by Gasteiger charge is 2.20. The van der Waals surface area contributed by atoms with Gasteiger partial charge in [0.15, 0.2) is 5.96 Å². The summed E-state index contributed by atoms with van der Waals surface area (Å²) in [5.74, 6) is 1.73. The van der Waals surface area contributed by atoms with Crippen LogP contribution >= 0.6 is 24.0 Å². The largest absolute Gasteiger partial charge is 0.508 e. The molecule has 0 atom stereocenters. The number of aliphatic imine (C=N–C) groups is 1. The molecule has 0 unspecified atom stereocenters. The predicted molar refractivity (Wildman–Crippen MR) is 130 cm³/mol. The van der Waals surface area contributed by atoms with Gasteiger partial charge in [-0.25, -0.2) is 4.99 Å². The Morgan fingerprint density at radius 2 is 1.90 bits per heavy atom. The highest BCUT2D eigenvalue weighted by atomic mass is 127. The Kier molecular flexibility index (Phi) is 9.37. The van der Waals surface area contributed by atoms with Gasteiger partial charge in [-0.2, -0.15) is 0 Å². The van der Waals surface area contributed by atoms with Crippen molar-refractivity contribution in [1.82, 2.24) is 10.6 Å². The number of benzene rings is 2. The first-order valence-corrected chi connectivity index (χ1v) is 9.90. The van der Waals surface area contributed by atoms with Gasteiger partial charge in [0.1, 0.15) is 11.5 Å². The maximum absolute atomic E-state index is 10.1. The zero-order chi connectivity index (χ0) is 19.8. The first kappa shape index (κ1) is 23.1. The number of rotatable bonds is 6. The number of para-hydroxylation sites is 1. The highest BCUT2D eigenvalue weighted by Crippen LogP contribution is 2.23. The van der Waals surface area contributed by atoms with Crippen LogP contribution in [0, 0.1) is 0 Å². The van der Waals surface area contributed by atoms with E-state index in [-0.39, 0.29) is 29.7 Å². The average molecular weight is 510 g/mol. The summed E-state index contributed by atoms with van der Waals surface area (Å²) in [6.07, 6.45) is 2.12. The van der Waals surface area contributed by atoms with E-state index in [1.807, 2.05) is 6.07 Å². The smallest absolute Gasteiger partial charge is 0.191 e. The molecule has 3 rings (SSSR count). The average Bonchev–Trinajstić information content (AvgIpc) is 2.74. The molecule has 2 aromatic rings. The van der Waals surface area contributed by atoms with Crippen molar-refractivity contribution in [2.24, 2.45) is 4.99 Å². The third kappa shape index (κ3) is 6.69. The van der Waals surface area contributed by atoms with Crippen molar-refractivity contribution in [3.05, 3.63) is 54.1 Å². The van der Waals surface area contributed by atoms with E-state index in [4.69, 9.17) is 4.74 Å². The van der Waals surface area contributed by atoms with Crippen LogP contribution in [0.5, 0.6) is 11.5 Å². The van der Waals surface area contributed by atoms with E-state index in [0.29, 0.717) is 18.3 Å². The molecule has 0 radical (unpaired) electrons. The molecule has 1 aliphatic heterocycles. The fourth-order valence-corrected chi connectivity index (χ4v) is 3.41. The van der Waals surface area contributed by atoms with E-state index in [0.717, 1.165) is 44.0 Å². The lowest BCUT2D eigenvalue weighted by molar-refractivity contribution is 0.411. The van der Waals surface area contributed by atoms with Gasteiger partial charge in [0.05, 0.1) is 13.7 Å². The second kappa shape index (κ2) is 11.7. The van der Waals surface area contributed by atoms with Crippen molar-refractivity contribution in [3.8, 4) is 11.5 Å². The summed E-state index contributed by atoms with van der Waals surface area (Å²) >= 11 is 0. The molecule has 0 aromatic heterocycles. The summed E-state index contributed by atoms with van der Waals surface area (Å²) in [5.41, 5.74) is 2.03. The van der Waals surface area contributed by atoms with E-state index >= 15 is 0 Å². The van der Waals surface area contributed by atoms with Crippen LogP contribution in [0.3, 0.4) is 0 Å². The number of methoxy groups -OCH3 is 1. The number of hydrogen-bond donors (Lipinski definition) is 3. The van der Waals surface area contributed by atoms with Gasteiger partial charge in [0, 0.05) is 36.9 Å². The molecule has 0 saturated carbocycles. The summed E-state index contributed by atoms with van der Waals surface area (Å²) in [7, 11) is 1.62. The maximum Gasteiger partial charge on any atom is 0.191 e. The first-order valence-electron chi connectivity index (χ1n) is 9.90. The minimum absolute atomic E-state index is 0. The molecule has 7 heteroatoms. The minimum Gasteiger partial charge on any atom is -0.508 e. The van der Waals surface area contributed by atoms with Gasteiger partial charge in [-0.3, -0.25) is 0 Å². The zero-order valence-electron chi connectivity index (χ0n) is 17.1. The molecule has 1 heterocycles. The summed E-state index contributed by atoms with van der Waals surface area (Å²) in [5, 5.41) is 16.9. The van der Waals surface area contributed by atoms with Gasteiger partial charge >= 0.3 is 0 Å². The summed E-state index contributed by atoms with van der Waals surface area (Å²) in [4.78, 5) is 7.08. The lowest BCUT2D eigenvalue weighted by Gasteiger charge is -2.34. The number of piperidine rings is 1. The fourth-order valence-electron chi connectivity index (χ4n) is 3.41. The Balaban J connectivity index is 0.00000300. The minimum atomic E-state index is 0. The standard InChI is InChI=1S/C22H30N4O2.HI/c1-3-23-22(24-16-17-15-20(28-2)9-10-21(17)27)25-18-11-13-26(14-12-18)19-7-5-4-6-8-19;/h4-10,15,18,27H,3,11-14,16H2,1-2H3,(H2,23,24,25);1H. The van der Waals surface area contributed by atoms with Crippen LogP contribution in [-0.2, 0) is 6.54 Å². The van der Waals surface area contributed by atoms with Crippen LogP contribution in [0.25, 0.3) is 0 Å². The summed E-state index contributed by atoms with van der Waals surface area (Å²) < 4.78 is 5.24. The van der Waals surface area contributed by atoms with E-state index in [9.17, 15) is 5.11 Å². The van der Waals surface area contributed by atoms with Crippen molar-refractivity contribution in [1.29, 1.82) is 0 Å². The Morgan fingerprint density at radius 3 is 2.55 bits per heavy atom. The van der Waals surface area contributed by atoms with Crippen molar-refractivity contribution in [2.45, 2.75) is 32.4 Å². The Hall–Kier alpha value is -2.16. The third-order valence-corrected chi connectivity index (χ3v) is 5.00. The van der Waals surface area contributed by atoms with Crippen LogP contribution in [0.15, 0.2) is 53.5 Å². The van der Waals surface area contributed by atoms with Crippen LogP contribution in [0.1, 0.15) is 25.3 Å². The first-order chi connectivity index (χ1) is 13.7. The van der Waals surface area contributed by atoms with E-state index < -0.39 is 0 Å². The van der Waals surface area contributed by atoms with Crippen LogP contribution in [0.4, 0.5) is 5.69 Å². The van der Waals surface area contributed by atoms with Gasteiger partial charge in [-0.15, -0.1) is 24.0 Å². The number of phenols is 1. The second-order valence-corrected chi connectivity index (χ2v) is 6.93. The molecule has 6 nitrogen and oxygen atoms in total. The molecule has 2 aromatic carbocycles. The lowest BCUT2D eigenvalue weighted by atomic mass is 10.0. The van der Waals surface area contributed by atoms with Crippen LogP contribution < -0.4 is 20.3 Å².